The Balaban J connectivity index is 2.01. The maximum Gasteiger partial charge on any atom is 0.251 e. The number of aliphatic hydroxyl groups is 1. The van der Waals surface area contributed by atoms with Crippen LogP contribution in [0.2, 0.25) is 0 Å². The average molecular weight is 252 g/mol. The molecular weight excluding hydrogens is 235 g/mol. The number of rotatable bonds is 3. The van der Waals surface area contributed by atoms with E-state index in [9.17, 15) is 14.3 Å². The molecule has 1 aliphatic rings. The monoisotopic (exact) mass is 252 g/mol. The Hall–Kier alpha value is -1.46. The van der Waals surface area contributed by atoms with Gasteiger partial charge in [-0.2, -0.15) is 0 Å². The maximum absolute atomic E-state index is 13.1. The molecule has 1 atom stereocenters. The van der Waals surface area contributed by atoms with Crippen LogP contribution in [-0.2, 0) is 0 Å². The standard InChI is InChI=1S/C13H17FN2O2/c1-9-2-3-10(14)6-11(9)12(17)16-8-13(18)4-5-15-7-13/h2-3,6,15,18H,4-5,7-8H2,1H3,(H,16,17)/t13-/m0/s1. The van der Waals surface area contributed by atoms with Gasteiger partial charge in [0.1, 0.15) is 5.82 Å². The summed E-state index contributed by atoms with van der Waals surface area (Å²) >= 11 is 0. The quantitative estimate of drug-likeness (QED) is 0.738. The number of carbonyl (C=O) groups is 1. The molecule has 1 aromatic rings. The molecule has 0 unspecified atom stereocenters. The molecule has 0 radical (unpaired) electrons. The minimum atomic E-state index is -0.892. The van der Waals surface area contributed by atoms with Crippen molar-refractivity contribution in [2.45, 2.75) is 18.9 Å². The van der Waals surface area contributed by atoms with E-state index in [1.54, 1.807) is 13.0 Å². The van der Waals surface area contributed by atoms with Crippen LogP contribution in [0.4, 0.5) is 4.39 Å². The van der Waals surface area contributed by atoms with Crippen LogP contribution in [0.3, 0.4) is 0 Å². The van der Waals surface area contributed by atoms with Crippen molar-refractivity contribution in [3.05, 3.63) is 35.1 Å². The molecule has 2 rings (SSSR count). The van der Waals surface area contributed by atoms with Gasteiger partial charge in [0.05, 0.1) is 5.60 Å². The summed E-state index contributed by atoms with van der Waals surface area (Å²) in [4.78, 5) is 11.9. The van der Waals surface area contributed by atoms with Gasteiger partial charge in [-0.1, -0.05) is 6.07 Å². The summed E-state index contributed by atoms with van der Waals surface area (Å²) in [5.74, 6) is -0.792. The van der Waals surface area contributed by atoms with E-state index in [0.29, 0.717) is 24.1 Å². The van der Waals surface area contributed by atoms with Crippen LogP contribution in [0.5, 0.6) is 0 Å². The molecule has 0 aromatic heterocycles. The Bertz CT molecular complexity index is 456. The van der Waals surface area contributed by atoms with Crippen molar-refractivity contribution in [2.75, 3.05) is 19.6 Å². The van der Waals surface area contributed by atoms with Crippen LogP contribution in [0.25, 0.3) is 0 Å². The number of hydrogen-bond acceptors (Lipinski definition) is 3. The zero-order valence-corrected chi connectivity index (χ0v) is 10.3. The maximum atomic E-state index is 13.1. The fourth-order valence-corrected chi connectivity index (χ4v) is 2.06. The van der Waals surface area contributed by atoms with E-state index in [4.69, 9.17) is 0 Å². The predicted molar refractivity (Wildman–Crippen MR) is 65.9 cm³/mol. The highest BCUT2D eigenvalue weighted by molar-refractivity contribution is 5.95. The van der Waals surface area contributed by atoms with Gasteiger partial charge < -0.3 is 15.7 Å². The molecule has 0 aliphatic carbocycles. The molecule has 1 heterocycles. The fraction of sp³-hybridized carbons (Fsp3) is 0.462. The number of amides is 1. The van der Waals surface area contributed by atoms with Crippen LogP contribution >= 0.6 is 0 Å². The first kappa shape index (κ1) is 13.0. The highest BCUT2D eigenvalue weighted by Crippen LogP contribution is 2.14. The highest BCUT2D eigenvalue weighted by Gasteiger charge is 2.31. The first-order chi connectivity index (χ1) is 8.50. The Kier molecular flexibility index (Phi) is 3.63. The summed E-state index contributed by atoms with van der Waals surface area (Å²) in [7, 11) is 0. The van der Waals surface area contributed by atoms with Gasteiger partial charge in [-0.05, 0) is 37.6 Å². The molecule has 5 heteroatoms. The van der Waals surface area contributed by atoms with Crippen molar-refractivity contribution in [3.63, 3.8) is 0 Å². The lowest BCUT2D eigenvalue weighted by Crippen LogP contribution is -2.44. The first-order valence-corrected chi connectivity index (χ1v) is 5.98. The molecule has 4 nitrogen and oxygen atoms in total. The summed E-state index contributed by atoms with van der Waals surface area (Å²) < 4.78 is 13.1. The summed E-state index contributed by atoms with van der Waals surface area (Å²) in [6.45, 7) is 3.13. The number of benzene rings is 1. The summed E-state index contributed by atoms with van der Waals surface area (Å²) in [5, 5.41) is 15.7. The van der Waals surface area contributed by atoms with Crippen molar-refractivity contribution in [1.29, 1.82) is 0 Å². The van der Waals surface area contributed by atoms with Crippen molar-refractivity contribution >= 4 is 5.91 Å². The third kappa shape index (κ3) is 2.86. The van der Waals surface area contributed by atoms with Crippen LogP contribution in [0, 0.1) is 12.7 Å². The van der Waals surface area contributed by atoms with Crippen LogP contribution in [0.1, 0.15) is 22.3 Å². The molecule has 0 saturated carbocycles. The van der Waals surface area contributed by atoms with Gasteiger partial charge in [-0.3, -0.25) is 4.79 Å². The number of halogens is 1. The Morgan fingerprint density at radius 1 is 1.61 bits per heavy atom. The second-order valence-corrected chi connectivity index (χ2v) is 4.79. The molecule has 1 fully saturated rings. The van der Waals surface area contributed by atoms with E-state index < -0.39 is 11.4 Å². The molecule has 1 saturated heterocycles. The van der Waals surface area contributed by atoms with Crippen LogP contribution < -0.4 is 10.6 Å². The van der Waals surface area contributed by atoms with Crippen molar-refractivity contribution in [3.8, 4) is 0 Å². The third-order valence-corrected chi connectivity index (χ3v) is 3.24. The van der Waals surface area contributed by atoms with Gasteiger partial charge in [-0.25, -0.2) is 4.39 Å². The second kappa shape index (κ2) is 5.04. The number of aryl methyl sites for hydroxylation is 1. The smallest absolute Gasteiger partial charge is 0.251 e. The molecule has 1 amide bonds. The van der Waals surface area contributed by atoms with Crippen LogP contribution in [0.15, 0.2) is 18.2 Å². The van der Waals surface area contributed by atoms with Crippen LogP contribution in [-0.4, -0.2) is 36.2 Å². The van der Waals surface area contributed by atoms with Gasteiger partial charge in [0.2, 0.25) is 0 Å². The van der Waals surface area contributed by atoms with Gasteiger partial charge in [0.25, 0.3) is 5.91 Å². The Labute approximate surface area is 105 Å². The number of hydrogen-bond donors (Lipinski definition) is 3. The van der Waals surface area contributed by atoms with Crippen molar-refractivity contribution < 1.29 is 14.3 Å². The van der Waals surface area contributed by atoms with Gasteiger partial charge in [0, 0.05) is 18.7 Å². The fourth-order valence-electron chi connectivity index (χ4n) is 2.06. The lowest BCUT2D eigenvalue weighted by Gasteiger charge is -2.21. The largest absolute Gasteiger partial charge is 0.387 e. The average Bonchev–Trinajstić information content (AvgIpc) is 2.77. The Morgan fingerprint density at radius 3 is 3.06 bits per heavy atom. The minimum Gasteiger partial charge on any atom is -0.387 e. The van der Waals surface area contributed by atoms with Crippen molar-refractivity contribution in [2.24, 2.45) is 0 Å². The molecule has 18 heavy (non-hydrogen) atoms. The van der Waals surface area contributed by atoms with Gasteiger partial charge >= 0.3 is 0 Å². The van der Waals surface area contributed by atoms with E-state index >= 15 is 0 Å². The van der Waals surface area contributed by atoms with E-state index in [-0.39, 0.29) is 12.5 Å². The zero-order chi connectivity index (χ0) is 13.2. The summed E-state index contributed by atoms with van der Waals surface area (Å²) in [5.41, 5.74) is 0.131. The summed E-state index contributed by atoms with van der Waals surface area (Å²) in [6, 6.07) is 4.10. The number of carbonyl (C=O) groups excluding carboxylic acids is 1. The molecule has 1 aromatic carbocycles. The highest BCUT2D eigenvalue weighted by atomic mass is 19.1. The Morgan fingerprint density at radius 2 is 2.39 bits per heavy atom. The van der Waals surface area contributed by atoms with E-state index in [2.05, 4.69) is 10.6 Å². The predicted octanol–water partition coefficient (Wildman–Crippen LogP) is 0.588. The topological polar surface area (TPSA) is 61.4 Å². The first-order valence-electron chi connectivity index (χ1n) is 5.98. The summed E-state index contributed by atoms with van der Waals surface area (Å²) in [6.07, 6.45) is 0.607. The van der Waals surface area contributed by atoms with E-state index in [1.165, 1.54) is 12.1 Å². The SMILES string of the molecule is Cc1ccc(F)cc1C(=O)NC[C@]1(O)CCNC1. The molecule has 98 valence electrons. The third-order valence-electron chi connectivity index (χ3n) is 3.24. The molecule has 0 spiro atoms. The molecule has 0 bridgehead atoms. The number of nitrogens with one attached hydrogen (secondary N) is 2. The van der Waals surface area contributed by atoms with E-state index in [0.717, 1.165) is 6.54 Å². The number of β-amino-alcohol motifs (C(OH)–C–C–N with tert-alkyl or cyclic N) is 1. The van der Waals surface area contributed by atoms with E-state index in [1.807, 2.05) is 0 Å². The zero-order valence-electron chi connectivity index (χ0n) is 10.3. The molecule has 3 N–H and O–H groups in total. The second-order valence-electron chi connectivity index (χ2n) is 4.79. The van der Waals surface area contributed by atoms with Gasteiger partial charge in [0.15, 0.2) is 0 Å². The molecule has 1 aliphatic heterocycles. The lowest BCUT2D eigenvalue weighted by molar-refractivity contribution is 0.0561. The normalized spacial score (nSPS) is 23.1. The lowest BCUT2D eigenvalue weighted by atomic mass is 10.0. The molecular formula is C13H17FN2O2. The minimum absolute atomic E-state index is 0.175. The van der Waals surface area contributed by atoms with Crippen molar-refractivity contribution in [1.82, 2.24) is 10.6 Å². The van der Waals surface area contributed by atoms with Gasteiger partial charge in [-0.15, -0.1) is 0 Å².